The van der Waals surface area contributed by atoms with Crippen molar-refractivity contribution in [3.05, 3.63) is 35.9 Å². The molecule has 1 saturated carbocycles. The van der Waals surface area contributed by atoms with Gasteiger partial charge in [0.15, 0.2) is 5.79 Å². The maximum atomic E-state index is 10.8. The average Bonchev–Trinajstić information content (AvgIpc) is 3.07. The summed E-state index contributed by atoms with van der Waals surface area (Å²) < 4.78 is 44.9. The van der Waals surface area contributed by atoms with Gasteiger partial charge in [-0.15, -0.1) is 0 Å². The molecule has 6 nitrogen and oxygen atoms in total. The molecule has 1 spiro atoms. The van der Waals surface area contributed by atoms with Gasteiger partial charge in [0.1, 0.15) is 0 Å². The van der Waals surface area contributed by atoms with Crippen LogP contribution < -0.4 is 4.72 Å². The van der Waals surface area contributed by atoms with E-state index in [1.165, 1.54) is 5.56 Å². The van der Waals surface area contributed by atoms with Crippen LogP contribution in [0.15, 0.2) is 30.3 Å². The Labute approximate surface area is 137 Å². The van der Waals surface area contributed by atoms with Crippen molar-refractivity contribution in [3.63, 3.8) is 0 Å². The number of nitrogens with one attached hydrogen (secondary N) is 1. The highest BCUT2D eigenvalue weighted by molar-refractivity contribution is 7.83. The van der Waals surface area contributed by atoms with Crippen molar-refractivity contribution in [2.75, 3.05) is 6.54 Å². The molecule has 2 fully saturated rings. The lowest BCUT2D eigenvalue weighted by Crippen LogP contribution is -2.31. The van der Waals surface area contributed by atoms with Crippen LogP contribution in [-0.4, -0.2) is 37.5 Å². The predicted molar refractivity (Wildman–Crippen MR) is 85.3 cm³/mol. The quantitative estimate of drug-likeness (QED) is 0.774. The van der Waals surface area contributed by atoms with E-state index in [-0.39, 0.29) is 18.8 Å². The normalized spacial score (nSPS) is 26.8. The Morgan fingerprint density at radius 2 is 1.78 bits per heavy atom. The van der Waals surface area contributed by atoms with Crippen LogP contribution in [0.2, 0.25) is 0 Å². The molecule has 23 heavy (non-hydrogen) atoms. The summed E-state index contributed by atoms with van der Waals surface area (Å²) in [4.78, 5) is 0. The SMILES string of the molecule is O=S(=O)(O)NCC[C@H]1OC2(CCCC2)O[C@@H]1Cc1ccccc1. The van der Waals surface area contributed by atoms with Crippen LogP contribution in [0, 0.1) is 0 Å². The lowest BCUT2D eigenvalue weighted by molar-refractivity contribution is -0.169. The Hall–Kier alpha value is -0.990. The molecule has 0 unspecified atom stereocenters. The zero-order valence-electron chi connectivity index (χ0n) is 13.0. The maximum absolute atomic E-state index is 10.8. The minimum Gasteiger partial charge on any atom is -0.344 e. The number of ether oxygens (including phenoxy) is 2. The van der Waals surface area contributed by atoms with Crippen LogP contribution in [-0.2, 0) is 26.2 Å². The molecule has 1 aliphatic carbocycles. The van der Waals surface area contributed by atoms with Gasteiger partial charge >= 0.3 is 10.3 Å². The summed E-state index contributed by atoms with van der Waals surface area (Å²) in [6.07, 6.45) is 4.89. The van der Waals surface area contributed by atoms with Crippen molar-refractivity contribution < 1.29 is 22.4 Å². The number of rotatable bonds is 6. The fourth-order valence-electron chi connectivity index (χ4n) is 3.48. The van der Waals surface area contributed by atoms with E-state index in [0.29, 0.717) is 6.42 Å². The first-order valence-corrected chi connectivity index (χ1v) is 9.51. The van der Waals surface area contributed by atoms with Crippen LogP contribution in [0.1, 0.15) is 37.7 Å². The van der Waals surface area contributed by atoms with Gasteiger partial charge in [0.05, 0.1) is 12.2 Å². The number of benzene rings is 1. The molecule has 0 bridgehead atoms. The van der Waals surface area contributed by atoms with Gasteiger partial charge in [0, 0.05) is 25.8 Å². The van der Waals surface area contributed by atoms with E-state index in [1.54, 1.807) is 0 Å². The monoisotopic (exact) mass is 341 g/mol. The average molecular weight is 341 g/mol. The summed E-state index contributed by atoms with van der Waals surface area (Å²) in [6, 6.07) is 10.1. The van der Waals surface area contributed by atoms with Gasteiger partial charge in [-0.1, -0.05) is 30.3 Å². The first kappa shape index (κ1) is 16.9. The standard InChI is InChI=1S/C16H23NO5S/c18-23(19,20)17-11-8-14-15(12-13-6-2-1-3-7-13)22-16(21-14)9-4-5-10-16/h1-3,6-7,14-15,17H,4-5,8-12H2,(H,18,19,20)/t14-,15-/m1/s1. The van der Waals surface area contributed by atoms with E-state index < -0.39 is 16.1 Å². The van der Waals surface area contributed by atoms with Crippen LogP contribution in [0.25, 0.3) is 0 Å². The Morgan fingerprint density at radius 3 is 2.43 bits per heavy atom. The lowest BCUT2D eigenvalue weighted by atomic mass is 10.0. The lowest BCUT2D eigenvalue weighted by Gasteiger charge is -2.22. The van der Waals surface area contributed by atoms with E-state index in [2.05, 4.69) is 16.9 Å². The van der Waals surface area contributed by atoms with Crippen molar-refractivity contribution in [2.45, 2.75) is 56.5 Å². The molecule has 0 radical (unpaired) electrons. The van der Waals surface area contributed by atoms with Crippen molar-refractivity contribution in [2.24, 2.45) is 0 Å². The Bertz CT molecular complexity index is 613. The fraction of sp³-hybridized carbons (Fsp3) is 0.625. The van der Waals surface area contributed by atoms with E-state index in [4.69, 9.17) is 14.0 Å². The van der Waals surface area contributed by atoms with Crippen molar-refractivity contribution in [3.8, 4) is 0 Å². The topological polar surface area (TPSA) is 84.9 Å². The molecule has 2 N–H and O–H groups in total. The molecule has 1 heterocycles. The Morgan fingerprint density at radius 1 is 1.13 bits per heavy atom. The summed E-state index contributed by atoms with van der Waals surface area (Å²) in [7, 11) is -4.17. The molecular weight excluding hydrogens is 318 g/mol. The molecular formula is C16H23NO5S. The summed E-state index contributed by atoms with van der Waals surface area (Å²) in [6.45, 7) is 0.133. The van der Waals surface area contributed by atoms with Crippen molar-refractivity contribution >= 4 is 10.3 Å². The summed E-state index contributed by atoms with van der Waals surface area (Å²) in [5, 5.41) is 0. The predicted octanol–water partition coefficient (Wildman–Crippen LogP) is 2.07. The first-order chi connectivity index (χ1) is 11.0. The smallest absolute Gasteiger partial charge is 0.333 e. The van der Waals surface area contributed by atoms with Gasteiger partial charge in [-0.3, -0.25) is 4.55 Å². The van der Waals surface area contributed by atoms with Crippen LogP contribution in [0.4, 0.5) is 0 Å². The molecule has 2 atom stereocenters. The van der Waals surface area contributed by atoms with Crippen LogP contribution >= 0.6 is 0 Å². The van der Waals surface area contributed by atoms with Crippen molar-refractivity contribution in [1.29, 1.82) is 0 Å². The molecule has 7 heteroatoms. The highest BCUT2D eigenvalue weighted by atomic mass is 32.2. The maximum Gasteiger partial charge on any atom is 0.333 e. The third-order valence-corrected chi connectivity index (χ3v) is 5.07. The van der Waals surface area contributed by atoms with Gasteiger partial charge in [-0.2, -0.15) is 13.1 Å². The first-order valence-electron chi connectivity index (χ1n) is 8.07. The largest absolute Gasteiger partial charge is 0.344 e. The molecule has 3 rings (SSSR count). The molecule has 1 saturated heterocycles. The minimum atomic E-state index is -4.17. The summed E-state index contributed by atoms with van der Waals surface area (Å²) >= 11 is 0. The molecule has 0 aromatic heterocycles. The second-order valence-corrected chi connectivity index (χ2v) is 7.52. The number of hydrogen-bond donors (Lipinski definition) is 2. The van der Waals surface area contributed by atoms with Gasteiger partial charge in [-0.05, 0) is 24.8 Å². The van der Waals surface area contributed by atoms with E-state index in [9.17, 15) is 8.42 Å². The summed E-state index contributed by atoms with van der Waals surface area (Å²) in [5.41, 5.74) is 1.17. The molecule has 1 aromatic carbocycles. The Kier molecular flexibility index (Phi) is 5.03. The van der Waals surface area contributed by atoms with Crippen LogP contribution in [0.3, 0.4) is 0 Å². The van der Waals surface area contributed by atoms with Gasteiger partial charge in [-0.25, -0.2) is 0 Å². The van der Waals surface area contributed by atoms with Crippen LogP contribution in [0.5, 0.6) is 0 Å². The zero-order chi connectivity index (χ0) is 16.3. The Balaban J connectivity index is 1.65. The minimum absolute atomic E-state index is 0.0984. The fourth-order valence-corrected chi connectivity index (χ4v) is 3.85. The van der Waals surface area contributed by atoms with E-state index >= 15 is 0 Å². The van der Waals surface area contributed by atoms with Gasteiger partial charge < -0.3 is 9.47 Å². The third-order valence-electron chi connectivity index (χ3n) is 4.51. The number of hydrogen-bond acceptors (Lipinski definition) is 4. The second kappa shape index (κ2) is 6.86. The van der Waals surface area contributed by atoms with E-state index in [1.807, 2.05) is 18.2 Å². The van der Waals surface area contributed by atoms with Gasteiger partial charge in [0.2, 0.25) is 0 Å². The molecule has 128 valence electrons. The molecule has 1 aliphatic heterocycles. The third kappa shape index (κ3) is 4.51. The molecule has 2 aliphatic rings. The molecule has 0 amide bonds. The zero-order valence-corrected chi connectivity index (χ0v) is 13.8. The summed E-state index contributed by atoms with van der Waals surface area (Å²) in [5.74, 6) is -0.498. The second-order valence-electron chi connectivity index (χ2n) is 6.28. The van der Waals surface area contributed by atoms with Gasteiger partial charge in [0.25, 0.3) is 0 Å². The highest BCUT2D eigenvalue weighted by Crippen LogP contribution is 2.43. The highest BCUT2D eigenvalue weighted by Gasteiger charge is 2.48. The van der Waals surface area contributed by atoms with E-state index in [0.717, 1.165) is 32.1 Å². The molecule has 1 aromatic rings. The van der Waals surface area contributed by atoms with Crippen molar-refractivity contribution in [1.82, 2.24) is 4.72 Å².